The normalized spacial score (nSPS) is 25.5. The third-order valence-corrected chi connectivity index (χ3v) is 7.11. The van der Waals surface area contributed by atoms with E-state index >= 15 is 0 Å². The molecule has 9 nitrogen and oxygen atoms in total. The van der Waals surface area contributed by atoms with Gasteiger partial charge in [0.1, 0.15) is 24.4 Å². The third-order valence-electron chi connectivity index (χ3n) is 7.11. The topological polar surface area (TPSA) is 149 Å². The molecule has 1 aliphatic rings. The molecule has 1 saturated heterocycles. The molecular formula is C29H55NO8. The molecule has 0 aromatic heterocycles. The summed E-state index contributed by atoms with van der Waals surface area (Å²) in [7, 11) is 0. The summed E-state index contributed by atoms with van der Waals surface area (Å²) in [5.74, 6) is -0.216. The van der Waals surface area contributed by atoms with Crippen LogP contribution in [0.25, 0.3) is 0 Å². The molecule has 9 heteroatoms. The maximum Gasteiger partial charge on any atom is 0.220 e. The van der Waals surface area contributed by atoms with Gasteiger partial charge in [-0.25, -0.2) is 0 Å². The Morgan fingerprint density at radius 2 is 1.45 bits per heavy atom. The summed E-state index contributed by atoms with van der Waals surface area (Å²) in [5.41, 5.74) is 0. The van der Waals surface area contributed by atoms with Crippen molar-refractivity contribution in [3.63, 3.8) is 0 Å². The minimum atomic E-state index is -1.56. The van der Waals surface area contributed by atoms with Gasteiger partial charge < -0.3 is 40.3 Å². The number of carbonyl (C=O) groups excluding carboxylic acids is 1. The molecule has 0 aromatic rings. The zero-order chi connectivity index (χ0) is 28.2. The number of hydrogen-bond acceptors (Lipinski definition) is 8. The summed E-state index contributed by atoms with van der Waals surface area (Å²) in [5, 5.41) is 53.0. The molecule has 1 amide bonds. The number of rotatable bonds is 22. The average molecular weight is 546 g/mol. The van der Waals surface area contributed by atoms with Gasteiger partial charge in [0, 0.05) is 6.42 Å². The molecule has 38 heavy (non-hydrogen) atoms. The molecule has 0 bridgehead atoms. The van der Waals surface area contributed by atoms with E-state index in [1.807, 2.05) is 13.0 Å². The van der Waals surface area contributed by atoms with Crippen LogP contribution in [0.4, 0.5) is 0 Å². The lowest BCUT2D eigenvalue weighted by Gasteiger charge is -2.40. The number of hydrogen-bond donors (Lipinski definition) is 6. The van der Waals surface area contributed by atoms with E-state index in [2.05, 4.69) is 12.2 Å². The van der Waals surface area contributed by atoms with Crippen LogP contribution in [0, 0.1) is 0 Å². The number of aliphatic hydroxyl groups is 5. The van der Waals surface area contributed by atoms with Gasteiger partial charge in [-0.15, -0.1) is 0 Å². The number of nitrogens with one attached hydrogen (secondary N) is 1. The van der Waals surface area contributed by atoms with Crippen LogP contribution in [0.5, 0.6) is 0 Å². The quantitative estimate of drug-likeness (QED) is 0.0898. The van der Waals surface area contributed by atoms with Crippen LogP contribution in [0.2, 0.25) is 0 Å². The van der Waals surface area contributed by atoms with Gasteiger partial charge in [-0.1, -0.05) is 96.6 Å². The zero-order valence-corrected chi connectivity index (χ0v) is 23.7. The highest BCUT2D eigenvalue weighted by atomic mass is 16.7. The largest absolute Gasteiger partial charge is 0.394 e. The van der Waals surface area contributed by atoms with Gasteiger partial charge in [-0.3, -0.25) is 4.79 Å². The number of unbranched alkanes of at least 4 members (excludes halogenated alkanes) is 12. The lowest BCUT2D eigenvalue weighted by atomic mass is 9.99. The van der Waals surface area contributed by atoms with Crippen molar-refractivity contribution in [2.24, 2.45) is 0 Å². The minimum absolute atomic E-state index is 0.190. The summed E-state index contributed by atoms with van der Waals surface area (Å²) in [6.45, 7) is 3.47. The van der Waals surface area contributed by atoms with Crippen molar-refractivity contribution in [2.75, 3.05) is 13.2 Å². The van der Waals surface area contributed by atoms with Crippen molar-refractivity contribution >= 4 is 5.91 Å². The number of ether oxygens (including phenoxy) is 2. The Balaban J connectivity index is 2.45. The van der Waals surface area contributed by atoms with Crippen molar-refractivity contribution < 1.29 is 39.8 Å². The number of allylic oxidation sites excluding steroid dienone is 1. The maximum atomic E-state index is 12.3. The van der Waals surface area contributed by atoms with Crippen LogP contribution in [0.15, 0.2) is 12.2 Å². The Kier molecular flexibility index (Phi) is 20.0. The molecule has 0 aromatic carbocycles. The fraction of sp³-hybridized carbons (Fsp3) is 0.897. The van der Waals surface area contributed by atoms with E-state index in [9.17, 15) is 30.3 Å². The molecule has 0 radical (unpaired) electrons. The zero-order valence-electron chi connectivity index (χ0n) is 23.7. The second-order valence-electron chi connectivity index (χ2n) is 10.6. The smallest absolute Gasteiger partial charge is 0.220 e. The van der Waals surface area contributed by atoms with E-state index in [-0.39, 0.29) is 12.5 Å². The van der Waals surface area contributed by atoms with Crippen LogP contribution >= 0.6 is 0 Å². The molecule has 6 N–H and O–H groups in total. The lowest BCUT2D eigenvalue weighted by Crippen LogP contribution is -2.60. The predicted molar refractivity (Wildman–Crippen MR) is 147 cm³/mol. The molecule has 1 aliphatic heterocycles. The first-order chi connectivity index (χ1) is 18.3. The SMILES string of the molecule is CCCCCCCCCCCCC/C=C/C(O)C(CO[C@@H]1OC(CO)[C@@H](O)[C@H](O)C1O)NC(=O)CCCC. The Labute approximate surface area is 229 Å². The predicted octanol–water partition coefficient (Wildman–Crippen LogP) is 3.10. The Hall–Kier alpha value is -1.07. The fourth-order valence-corrected chi connectivity index (χ4v) is 4.54. The molecule has 0 saturated carbocycles. The summed E-state index contributed by atoms with van der Waals surface area (Å²) >= 11 is 0. The van der Waals surface area contributed by atoms with Crippen molar-refractivity contribution in [3.8, 4) is 0 Å². The first kappa shape index (κ1) is 35.0. The van der Waals surface area contributed by atoms with Gasteiger partial charge in [0.05, 0.1) is 25.4 Å². The standard InChI is InChI=1S/C29H55NO8/c1-3-5-7-8-9-10-11-12-13-14-15-16-17-18-23(32)22(30-25(33)19-6-4-2)21-37-29-28(36)27(35)26(34)24(20-31)38-29/h17-18,22-24,26-29,31-32,34-36H,3-16,19-21H2,1-2H3,(H,30,33)/b18-17+/t22?,23?,24?,26-,27+,28?,29-/m1/s1. The molecule has 0 spiro atoms. The monoisotopic (exact) mass is 545 g/mol. The number of aliphatic hydroxyl groups excluding tert-OH is 5. The van der Waals surface area contributed by atoms with E-state index in [4.69, 9.17) is 9.47 Å². The van der Waals surface area contributed by atoms with Gasteiger partial charge in [0.25, 0.3) is 0 Å². The number of amides is 1. The van der Waals surface area contributed by atoms with Gasteiger partial charge in [-0.05, 0) is 19.3 Å². The minimum Gasteiger partial charge on any atom is -0.394 e. The summed E-state index contributed by atoms with van der Waals surface area (Å²) in [6.07, 6.45) is 12.3. The van der Waals surface area contributed by atoms with Crippen molar-refractivity contribution in [1.29, 1.82) is 0 Å². The second-order valence-corrected chi connectivity index (χ2v) is 10.6. The molecule has 1 rings (SSSR count). The molecule has 4 unspecified atom stereocenters. The van der Waals surface area contributed by atoms with E-state index in [0.717, 1.165) is 32.1 Å². The second kappa shape index (κ2) is 21.7. The van der Waals surface area contributed by atoms with Gasteiger partial charge in [0.2, 0.25) is 5.91 Å². The van der Waals surface area contributed by atoms with Crippen LogP contribution in [-0.2, 0) is 14.3 Å². The number of carbonyl (C=O) groups is 1. The average Bonchev–Trinajstić information content (AvgIpc) is 2.91. The van der Waals surface area contributed by atoms with Gasteiger partial charge >= 0.3 is 0 Å². The van der Waals surface area contributed by atoms with Gasteiger partial charge in [0.15, 0.2) is 6.29 Å². The van der Waals surface area contributed by atoms with Crippen LogP contribution in [0.1, 0.15) is 110 Å². The summed E-state index contributed by atoms with van der Waals surface area (Å²) in [6, 6.07) is -0.791. The molecule has 1 fully saturated rings. The summed E-state index contributed by atoms with van der Waals surface area (Å²) in [4.78, 5) is 12.3. The van der Waals surface area contributed by atoms with Crippen LogP contribution in [-0.4, -0.2) is 87.5 Å². The first-order valence-electron chi connectivity index (χ1n) is 14.9. The Morgan fingerprint density at radius 1 is 0.868 bits per heavy atom. The lowest BCUT2D eigenvalue weighted by molar-refractivity contribution is -0.302. The Morgan fingerprint density at radius 3 is 2.03 bits per heavy atom. The van der Waals surface area contributed by atoms with E-state index in [1.165, 1.54) is 57.8 Å². The van der Waals surface area contributed by atoms with E-state index in [0.29, 0.717) is 6.42 Å². The highest BCUT2D eigenvalue weighted by molar-refractivity contribution is 5.76. The molecule has 0 aliphatic carbocycles. The van der Waals surface area contributed by atoms with Crippen LogP contribution in [0.3, 0.4) is 0 Å². The van der Waals surface area contributed by atoms with Crippen molar-refractivity contribution in [3.05, 3.63) is 12.2 Å². The van der Waals surface area contributed by atoms with Gasteiger partial charge in [-0.2, -0.15) is 0 Å². The summed E-state index contributed by atoms with van der Waals surface area (Å²) < 4.78 is 11.0. The molecule has 7 atom stereocenters. The van der Waals surface area contributed by atoms with Crippen LogP contribution < -0.4 is 5.32 Å². The fourth-order valence-electron chi connectivity index (χ4n) is 4.54. The maximum absolute atomic E-state index is 12.3. The molecule has 224 valence electrons. The molecular weight excluding hydrogens is 490 g/mol. The highest BCUT2D eigenvalue weighted by Gasteiger charge is 2.44. The molecule has 1 heterocycles. The first-order valence-corrected chi connectivity index (χ1v) is 14.9. The van der Waals surface area contributed by atoms with E-state index < -0.39 is 49.5 Å². The van der Waals surface area contributed by atoms with E-state index in [1.54, 1.807) is 6.08 Å². The van der Waals surface area contributed by atoms with Crippen molar-refractivity contribution in [1.82, 2.24) is 5.32 Å². The highest BCUT2D eigenvalue weighted by Crippen LogP contribution is 2.22. The Bertz CT molecular complexity index is 617. The van der Waals surface area contributed by atoms with Crippen molar-refractivity contribution in [2.45, 2.75) is 153 Å². The third kappa shape index (κ3) is 14.4.